The summed E-state index contributed by atoms with van der Waals surface area (Å²) in [6.07, 6.45) is 4.05. The van der Waals surface area contributed by atoms with E-state index in [9.17, 15) is 9.59 Å². The molecule has 0 unspecified atom stereocenters. The smallest absolute Gasteiger partial charge is 0.259 e. The van der Waals surface area contributed by atoms with Crippen molar-refractivity contribution in [2.45, 2.75) is 51.6 Å². The Morgan fingerprint density at radius 2 is 1.72 bits per heavy atom. The molecule has 5 rings (SSSR count). The lowest BCUT2D eigenvalue weighted by molar-refractivity contribution is -0.123. The molecule has 0 spiro atoms. The number of carbonyl (C=O) groups excluding carboxylic acids is 2. The van der Waals surface area contributed by atoms with E-state index >= 15 is 0 Å². The highest BCUT2D eigenvalue weighted by atomic mass is 35.5. The fraction of sp³-hybridized carbons (Fsp3) is 0.281. The van der Waals surface area contributed by atoms with E-state index in [0.717, 1.165) is 36.9 Å². The van der Waals surface area contributed by atoms with Crippen LogP contribution >= 0.6 is 11.6 Å². The number of para-hydroxylation sites is 1. The lowest BCUT2D eigenvalue weighted by atomic mass is 9.99. The molecular weight excluding hydrogens is 510 g/mol. The standard InChI is InChI=1S/C32H32ClN3O3/c1-20-8-4-7-11-29(20)36(32(38)23-14-17-28-26(19-23)27(33)18-21(2)34-28)30(22-12-15-25(39-3)16-13-22)31(37)35-24-9-5-6-10-24/h4,7-8,11-19,24,30H,5-6,9-10H2,1-3H3,(H,35,37)/t30-/m0/s1. The van der Waals surface area contributed by atoms with Gasteiger partial charge in [-0.25, -0.2) is 0 Å². The second kappa shape index (κ2) is 11.5. The number of pyridine rings is 1. The molecule has 7 heteroatoms. The summed E-state index contributed by atoms with van der Waals surface area (Å²) in [6.45, 7) is 3.83. The Bertz CT molecular complexity index is 1510. The molecule has 0 bridgehead atoms. The zero-order valence-electron chi connectivity index (χ0n) is 22.4. The first-order valence-electron chi connectivity index (χ1n) is 13.3. The molecule has 1 heterocycles. The van der Waals surface area contributed by atoms with E-state index < -0.39 is 6.04 Å². The summed E-state index contributed by atoms with van der Waals surface area (Å²) in [6, 6.07) is 21.3. The van der Waals surface area contributed by atoms with Gasteiger partial charge in [0.05, 0.1) is 17.6 Å². The minimum Gasteiger partial charge on any atom is -0.497 e. The Morgan fingerprint density at radius 3 is 2.41 bits per heavy atom. The van der Waals surface area contributed by atoms with Crippen molar-refractivity contribution in [1.82, 2.24) is 10.3 Å². The van der Waals surface area contributed by atoms with Crippen LogP contribution in [0.15, 0.2) is 72.8 Å². The molecule has 0 aliphatic heterocycles. The Labute approximate surface area is 234 Å². The van der Waals surface area contributed by atoms with E-state index in [1.54, 1.807) is 36.3 Å². The van der Waals surface area contributed by atoms with Crippen LogP contribution in [0.4, 0.5) is 5.69 Å². The van der Waals surface area contributed by atoms with Crippen LogP contribution in [-0.2, 0) is 4.79 Å². The highest BCUT2D eigenvalue weighted by Crippen LogP contribution is 2.34. The van der Waals surface area contributed by atoms with Gasteiger partial charge in [-0.2, -0.15) is 0 Å². The molecule has 1 atom stereocenters. The molecule has 39 heavy (non-hydrogen) atoms. The molecule has 200 valence electrons. The van der Waals surface area contributed by atoms with E-state index in [4.69, 9.17) is 16.3 Å². The van der Waals surface area contributed by atoms with Gasteiger partial charge < -0.3 is 10.1 Å². The van der Waals surface area contributed by atoms with Crippen LogP contribution in [0.5, 0.6) is 5.75 Å². The normalized spacial score (nSPS) is 14.3. The van der Waals surface area contributed by atoms with Gasteiger partial charge in [0.25, 0.3) is 5.91 Å². The fourth-order valence-electron chi connectivity index (χ4n) is 5.33. The molecule has 1 N–H and O–H groups in total. The van der Waals surface area contributed by atoms with E-state index in [2.05, 4.69) is 10.3 Å². The summed E-state index contributed by atoms with van der Waals surface area (Å²) in [7, 11) is 1.60. The molecule has 1 aromatic heterocycles. The van der Waals surface area contributed by atoms with Crippen molar-refractivity contribution in [3.05, 3.63) is 100 Å². The van der Waals surface area contributed by atoms with Crippen molar-refractivity contribution >= 4 is 40.0 Å². The Kier molecular flexibility index (Phi) is 7.84. The molecule has 2 amide bonds. The van der Waals surface area contributed by atoms with Gasteiger partial charge in [0.15, 0.2) is 0 Å². The van der Waals surface area contributed by atoms with Crippen molar-refractivity contribution in [2.24, 2.45) is 0 Å². The van der Waals surface area contributed by atoms with Gasteiger partial charge in [0.1, 0.15) is 11.8 Å². The number of rotatable bonds is 7. The summed E-state index contributed by atoms with van der Waals surface area (Å²) >= 11 is 6.55. The first-order chi connectivity index (χ1) is 18.9. The van der Waals surface area contributed by atoms with E-state index in [1.165, 1.54) is 0 Å². The second-order valence-corrected chi connectivity index (χ2v) is 10.5. The van der Waals surface area contributed by atoms with Crippen LogP contribution in [0.1, 0.15) is 58.9 Å². The topological polar surface area (TPSA) is 71.5 Å². The maximum Gasteiger partial charge on any atom is 0.259 e. The quantitative estimate of drug-likeness (QED) is 0.274. The number of nitrogens with zero attached hydrogens (tertiary/aromatic N) is 2. The van der Waals surface area contributed by atoms with Gasteiger partial charge in [0, 0.05) is 28.4 Å². The van der Waals surface area contributed by atoms with Gasteiger partial charge in [-0.1, -0.05) is 54.8 Å². The molecule has 6 nitrogen and oxygen atoms in total. The zero-order chi connectivity index (χ0) is 27.5. The van der Waals surface area contributed by atoms with Gasteiger partial charge in [-0.05, 0) is 80.3 Å². The molecule has 1 aliphatic carbocycles. The monoisotopic (exact) mass is 541 g/mol. The Balaban J connectivity index is 1.65. The minimum absolute atomic E-state index is 0.0980. The average Bonchev–Trinajstić information content (AvgIpc) is 3.45. The van der Waals surface area contributed by atoms with Gasteiger partial charge in [-0.15, -0.1) is 0 Å². The largest absolute Gasteiger partial charge is 0.497 e. The van der Waals surface area contributed by atoms with E-state index in [1.807, 2.05) is 62.4 Å². The maximum atomic E-state index is 14.5. The summed E-state index contributed by atoms with van der Waals surface area (Å²) in [5.41, 5.74) is 4.18. The maximum absolute atomic E-state index is 14.5. The Morgan fingerprint density at radius 1 is 1.00 bits per heavy atom. The molecule has 4 aromatic rings. The van der Waals surface area contributed by atoms with Crippen LogP contribution in [-0.4, -0.2) is 29.9 Å². The van der Waals surface area contributed by atoms with Crippen LogP contribution in [0.3, 0.4) is 0 Å². The number of benzene rings is 3. The fourth-order valence-corrected chi connectivity index (χ4v) is 5.64. The number of nitrogens with one attached hydrogen (secondary N) is 1. The summed E-state index contributed by atoms with van der Waals surface area (Å²) in [5.74, 6) is 0.166. The second-order valence-electron chi connectivity index (χ2n) is 10.1. The molecule has 1 saturated carbocycles. The number of hydrogen-bond acceptors (Lipinski definition) is 4. The number of ether oxygens (including phenoxy) is 1. The van der Waals surface area contributed by atoms with Crippen LogP contribution in [0.25, 0.3) is 10.9 Å². The number of halogens is 1. The molecule has 0 radical (unpaired) electrons. The summed E-state index contributed by atoms with van der Waals surface area (Å²) in [5, 5.41) is 4.45. The van der Waals surface area contributed by atoms with Gasteiger partial charge in [0.2, 0.25) is 5.91 Å². The van der Waals surface area contributed by atoms with Crippen LogP contribution in [0, 0.1) is 13.8 Å². The van der Waals surface area contributed by atoms with Gasteiger partial charge >= 0.3 is 0 Å². The number of amides is 2. The SMILES string of the molecule is COc1ccc([C@@H](C(=O)NC2CCCC2)N(C(=O)c2ccc3nc(C)cc(Cl)c3c2)c2ccccc2C)cc1. The van der Waals surface area contributed by atoms with Crippen molar-refractivity contribution < 1.29 is 14.3 Å². The molecule has 0 saturated heterocycles. The predicted octanol–water partition coefficient (Wildman–Crippen LogP) is 6.96. The van der Waals surface area contributed by atoms with Crippen molar-refractivity contribution in [3.8, 4) is 5.75 Å². The molecular formula is C32H32ClN3O3. The third kappa shape index (κ3) is 5.62. The number of fused-ring (bicyclic) bond motifs is 1. The lowest BCUT2D eigenvalue weighted by Crippen LogP contribution is -2.46. The summed E-state index contributed by atoms with van der Waals surface area (Å²) < 4.78 is 5.36. The third-order valence-corrected chi connectivity index (χ3v) is 7.68. The molecule has 1 aliphatic rings. The van der Waals surface area contributed by atoms with E-state index in [-0.39, 0.29) is 17.9 Å². The number of aromatic nitrogens is 1. The first kappa shape index (κ1) is 26.7. The molecule has 1 fully saturated rings. The summed E-state index contributed by atoms with van der Waals surface area (Å²) in [4.78, 5) is 34.7. The van der Waals surface area contributed by atoms with Crippen molar-refractivity contribution in [1.29, 1.82) is 0 Å². The zero-order valence-corrected chi connectivity index (χ0v) is 23.2. The van der Waals surface area contributed by atoms with Crippen molar-refractivity contribution in [3.63, 3.8) is 0 Å². The predicted molar refractivity (Wildman–Crippen MR) is 156 cm³/mol. The highest BCUT2D eigenvalue weighted by molar-refractivity contribution is 6.35. The number of aryl methyl sites for hydroxylation is 2. The minimum atomic E-state index is -0.896. The van der Waals surface area contributed by atoms with Crippen LogP contribution in [0.2, 0.25) is 5.02 Å². The van der Waals surface area contributed by atoms with E-state index in [0.29, 0.717) is 38.5 Å². The average molecular weight is 542 g/mol. The van der Waals surface area contributed by atoms with Gasteiger partial charge in [-0.3, -0.25) is 19.5 Å². The number of carbonyl (C=O) groups is 2. The Hall–Kier alpha value is -3.90. The molecule has 3 aromatic carbocycles. The number of methoxy groups -OCH3 is 1. The number of hydrogen-bond donors (Lipinski definition) is 1. The first-order valence-corrected chi connectivity index (χ1v) is 13.6. The van der Waals surface area contributed by atoms with Crippen molar-refractivity contribution in [2.75, 3.05) is 12.0 Å². The highest BCUT2D eigenvalue weighted by Gasteiger charge is 2.35. The number of anilines is 1. The van der Waals surface area contributed by atoms with Crippen LogP contribution < -0.4 is 15.0 Å². The third-order valence-electron chi connectivity index (χ3n) is 7.37. The lowest BCUT2D eigenvalue weighted by Gasteiger charge is -2.33.